The molecule has 0 fully saturated rings. The van der Waals surface area contributed by atoms with Crippen LogP contribution in [0.5, 0.6) is 0 Å². The largest absolute Gasteiger partial charge is 0.472 e. The van der Waals surface area contributed by atoms with Crippen molar-refractivity contribution < 1.29 is 37.6 Å². The first-order valence-corrected chi connectivity index (χ1v) is 23.5. The third-order valence-electron chi connectivity index (χ3n) is 9.25. The average molecular weight is 784 g/mol. The van der Waals surface area contributed by atoms with Gasteiger partial charge in [0.2, 0.25) is 0 Å². The second kappa shape index (κ2) is 40.9. The molecule has 0 amide bonds. The van der Waals surface area contributed by atoms with E-state index in [4.69, 9.17) is 24.3 Å². The van der Waals surface area contributed by atoms with Gasteiger partial charge in [0.1, 0.15) is 6.61 Å². The molecule has 0 aliphatic rings. The fourth-order valence-electron chi connectivity index (χ4n) is 5.94. The SMILES string of the molecule is CCCC/C=C\C/C=C\CCCCCCCC(=O)O[C@H](COC(=O)CCCCCCCCC/C=C\CCCCCCCCCC)COP(=O)(O)OCCN. The van der Waals surface area contributed by atoms with E-state index in [-0.39, 0.29) is 38.6 Å². The van der Waals surface area contributed by atoms with E-state index in [1.807, 2.05) is 0 Å². The number of phosphoric acid groups is 1. The molecule has 0 radical (unpaired) electrons. The van der Waals surface area contributed by atoms with Crippen LogP contribution in [0, 0.1) is 0 Å². The van der Waals surface area contributed by atoms with E-state index in [1.165, 1.54) is 89.9 Å². The van der Waals surface area contributed by atoms with E-state index in [1.54, 1.807) is 0 Å². The van der Waals surface area contributed by atoms with E-state index in [9.17, 15) is 19.0 Å². The first-order chi connectivity index (χ1) is 26.3. The van der Waals surface area contributed by atoms with Crippen LogP contribution in [0.2, 0.25) is 0 Å². The Balaban J connectivity index is 4.14. The highest BCUT2D eigenvalue weighted by Gasteiger charge is 2.26. The van der Waals surface area contributed by atoms with E-state index in [0.717, 1.165) is 77.0 Å². The third-order valence-corrected chi connectivity index (χ3v) is 10.2. The van der Waals surface area contributed by atoms with Crippen LogP contribution in [0.4, 0.5) is 0 Å². The number of allylic oxidation sites excluding steroid dienone is 6. The van der Waals surface area contributed by atoms with Crippen LogP contribution >= 0.6 is 7.82 Å². The first kappa shape index (κ1) is 52.2. The number of carbonyl (C=O) groups excluding carboxylic acids is 2. The molecule has 316 valence electrons. The van der Waals surface area contributed by atoms with Crippen molar-refractivity contribution >= 4 is 19.8 Å². The van der Waals surface area contributed by atoms with Crippen molar-refractivity contribution in [1.29, 1.82) is 0 Å². The number of nitrogens with two attached hydrogens (primary N) is 1. The maximum absolute atomic E-state index is 12.6. The van der Waals surface area contributed by atoms with Crippen molar-refractivity contribution in [1.82, 2.24) is 0 Å². The lowest BCUT2D eigenvalue weighted by Crippen LogP contribution is -2.29. The lowest BCUT2D eigenvalue weighted by atomic mass is 10.1. The summed E-state index contributed by atoms with van der Waals surface area (Å²) in [7, 11) is -4.38. The minimum atomic E-state index is -4.38. The number of carbonyl (C=O) groups is 2. The van der Waals surface area contributed by atoms with Crippen molar-refractivity contribution in [2.45, 2.75) is 206 Å². The van der Waals surface area contributed by atoms with Gasteiger partial charge in [-0.3, -0.25) is 18.6 Å². The Bertz CT molecular complexity index is 986. The zero-order valence-corrected chi connectivity index (χ0v) is 35.6. The molecule has 0 aromatic carbocycles. The molecule has 0 saturated carbocycles. The van der Waals surface area contributed by atoms with Crippen molar-refractivity contribution in [3.8, 4) is 0 Å². The number of phosphoric ester groups is 1. The fraction of sp³-hybridized carbons (Fsp3) is 0.818. The second-order valence-corrected chi connectivity index (χ2v) is 16.0. The van der Waals surface area contributed by atoms with Crippen LogP contribution in [0.15, 0.2) is 36.5 Å². The highest BCUT2D eigenvalue weighted by Crippen LogP contribution is 2.43. The van der Waals surface area contributed by atoms with Gasteiger partial charge >= 0.3 is 19.8 Å². The molecule has 9 nitrogen and oxygen atoms in total. The minimum Gasteiger partial charge on any atom is -0.462 e. The Morgan fingerprint density at radius 1 is 0.556 bits per heavy atom. The molecule has 54 heavy (non-hydrogen) atoms. The fourth-order valence-corrected chi connectivity index (χ4v) is 6.70. The van der Waals surface area contributed by atoms with Gasteiger partial charge in [0, 0.05) is 19.4 Å². The molecule has 3 N–H and O–H groups in total. The number of hydrogen-bond acceptors (Lipinski definition) is 8. The van der Waals surface area contributed by atoms with Crippen LogP contribution in [-0.2, 0) is 32.7 Å². The molecule has 0 aliphatic heterocycles. The van der Waals surface area contributed by atoms with Crippen molar-refractivity contribution in [3.05, 3.63) is 36.5 Å². The molecule has 1 unspecified atom stereocenters. The summed E-state index contributed by atoms with van der Waals surface area (Å²) in [6, 6.07) is 0. The van der Waals surface area contributed by atoms with Gasteiger partial charge in [0.25, 0.3) is 0 Å². The lowest BCUT2D eigenvalue weighted by Gasteiger charge is -2.19. The minimum absolute atomic E-state index is 0.0501. The van der Waals surface area contributed by atoms with Gasteiger partial charge in [-0.05, 0) is 64.2 Å². The van der Waals surface area contributed by atoms with Crippen molar-refractivity contribution in [2.75, 3.05) is 26.4 Å². The molecule has 0 aliphatic carbocycles. The van der Waals surface area contributed by atoms with Gasteiger partial charge in [0.15, 0.2) is 6.10 Å². The molecule has 0 bridgehead atoms. The van der Waals surface area contributed by atoms with Crippen molar-refractivity contribution in [3.63, 3.8) is 0 Å². The lowest BCUT2D eigenvalue weighted by molar-refractivity contribution is -0.161. The van der Waals surface area contributed by atoms with E-state index in [2.05, 4.69) is 50.3 Å². The number of hydrogen-bond donors (Lipinski definition) is 2. The molecule has 0 spiro atoms. The molecule has 10 heteroatoms. The Kier molecular flexibility index (Phi) is 39.5. The Morgan fingerprint density at radius 3 is 1.48 bits per heavy atom. The van der Waals surface area contributed by atoms with Crippen LogP contribution in [0.3, 0.4) is 0 Å². The zero-order valence-electron chi connectivity index (χ0n) is 34.7. The summed E-state index contributed by atoms with van der Waals surface area (Å²) in [6.45, 7) is 3.68. The predicted octanol–water partition coefficient (Wildman–Crippen LogP) is 12.6. The second-order valence-electron chi connectivity index (χ2n) is 14.6. The van der Waals surface area contributed by atoms with Crippen LogP contribution < -0.4 is 5.73 Å². The van der Waals surface area contributed by atoms with E-state index >= 15 is 0 Å². The molecular formula is C44H82NO8P. The highest BCUT2D eigenvalue weighted by atomic mass is 31.2. The average Bonchev–Trinajstić information content (AvgIpc) is 3.16. The topological polar surface area (TPSA) is 134 Å². The van der Waals surface area contributed by atoms with Crippen LogP contribution in [0.25, 0.3) is 0 Å². The van der Waals surface area contributed by atoms with Crippen LogP contribution in [-0.4, -0.2) is 49.3 Å². The molecular weight excluding hydrogens is 701 g/mol. The Morgan fingerprint density at radius 2 is 0.981 bits per heavy atom. The molecule has 0 aromatic heterocycles. The maximum atomic E-state index is 12.6. The molecule has 0 heterocycles. The third kappa shape index (κ3) is 39.9. The predicted molar refractivity (Wildman–Crippen MR) is 224 cm³/mol. The summed E-state index contributed by atoms with van der Waals surface area (Å²) in [5.74, 6) is -0.847. The molecule has 0 aromatic rings. The summed E-state index contributed by atoms with van der Waals surface area (Å²) in [6.07, 6.45) is 44.6. The van der Waals surface area contributed by atoms with Gasteiger partial charge in [-0.15, -0.1) is 0 Å². The normalized spacial score (nSPS) is 13.6. The van der Waals surface area contributed by atoms with E-state index < -0.39 is 26.5 Å². The number of unbranched alkanes of at least 4 members (excludes halogenated alkanes) is 22. The Labute approximate surface area is 331 Å². The van der Waals surface area contributed by atoms with Gasteiger partial charge in [-0.1, -0.05) is 159 Å². The van der Waals surface area contributed by atoms with Crippen LogP contribution in [0.1, 0.15) is 200 Å². The summed E-state index contributed by atoms with van der Waals surface area (Å²) in [4.78, 5) is 34.8. The van der Waals surface area contributed by atoms with Gasteiger partial charge in [-0.2, -0.15) is 0 Å². The monoisotopic (exact) mass is 784 g/mol. The Hall–Kier alpha value is -1.77. The number of ether oxygens (including phenoxy) is 2. The standard InChI is InChI=1S/C44H82NO8P/c1-3-5-7-9-11-13-15-17-19-20-21-22-23-25-26-28-30-32-34-36-43(46)50-40-42(41-52-54(48,49)51-39-38-45)53-44(47)37-35-33-31-29-27-24-18-16-14-12-10-8-6-4-2/h10,12,16,18,20-21,42H,3-9,11,13-15,17,19,22-41,45H2,1-2H3,(H,48,49)/b12-10-,18-16-,21-20-/t42-/m1/s1. The van der Waals surface area contributed by atoms with Gasteiger partial charge in [-0.25, -0.2) is 4.57 Å². The quantitative estimate of drug-likeness (QED) is 0.0269. The number of rotatable bonds is 41. The molecule has 0 saturated heterocycles. The summed E-state index contributed by atoms with van der Waals surface area (Å²) >= 11 is 0. The summed E-state index contributed by atoms with van der Waals surface area (Å²) in [5.41, 5.74) is 5.34. The smallest absolute Gasteiger partial charge is 0.462 e. The summed E-state index contributed by atoms with van der Waals surface area (Å²) in [5, 5.41) is 0. The van der Waals surface area contributed by atoms with Crippen molar-refractivity contribution in [2.24, 2.45) is 5.73 Å². The summed E-state index contributed by atoms with van der Waals surface area (Å²) < 4.78 is 32.8. The van der Waals surface area contributed by atoms with Gasteiger partial charge in [0.05, 0.1) is 13.2 Å². The maximum Gasteiger partial charge on any atom is 0.472 e. The zero-order chi connectivity index (χ0) is 39.6. The van der Waals surface area contributed by atoms with Gasteiger partial charge < -0.3 is 20.1 Å². The molecule has 2 atom stereocenters. The first-order valence-electron chi connectivity index (χ1n) is 22.0. The number of esters is 2. The van der Waals surface area contributed by atoms with E-state index in [0.29, 0.717) is 6.42 Å². The molecule has 0 rings (SSSR count). The highest BCUT2D eigenvalue weighted by molar-refractivity contribution is 7.47.